The molecule has 0 saturated carbocycles. The number of hydrogen-bond donors (Lipinski definition) is 0. The number of benzene rings is 16. The number of para-hydroxylation sites is 6. The number of nitrogens with zero attached hydrogens (tertiary/aromatic N) is 4. The van der Waals surface area contributed by atoms with E-state index in [0.29, 0.717) is 5.82 Å². The average molecular weight is 1420 g/mol. The van der Waals surface area contributed by atoms with Crippen molar-refractivity contribution in [3.05, 3.63) is 413 Å². The van der Waals surface area contributed by atoms with E-state index < -0.39 is 0 Å². The zero-order chi connectivity index (χ0) is 73.6. The van der Waals surface area contributed by atoms with E-state index in [1.807, 2.05) is 30.3 Å². The lowest BCUT2D eigenvalue weighted by Gasteiger charge is -2.13. The number of rotatable bonds is 13. The van der Waals surface area contributed by atoms with Gasteiger partial charge in [0.15, 0.2) is 5.82 Å². The molecule has 5 heterocycles. The maximum absolute atomic E-state index is 6.45. The molecular weight excluding hydrogens is 1350 g/mol. The minimum atomic E-state index is 0.682. The predicted molar refractivity (Wildman–Crippen MR) is 460 cm³/mol. The van der Waals surface area contributed by atoms with Gasteiger partial charge in [-0.2, -0.15) is 0 Å². The molecule has 111 heavy (non-hydrogen) atoms. The quantitative estimate of drug-likeness (QED) is 0.115. The number of aromatic nitrogens is 4. The van der Waals surface area contributed by atoms with E-state index in [-0.39, 0.29) is 0 Å². The Morgan fingerprint density at radius 1 is 0.180 bits per heavy atom. The fourth-order valence-corrected chi connectivity index (χ4v) is 15.8. The number of fused-ring (bicyclic) bond motifs is 9. The summed E-state index contributed by atoms with van der Waals surface area (Å²) in [5, 5.41) is 6.94. The van der Waals surface area contributed by atoms with Crippen LogP contribution in [0.4, 0.5) is 0 Å². The van der Waals surface area contributed by atoms with Crippen LogP contribution in [-0.4, -0.2) is 19.5 Å². The monoisotopic (exact) mass is 1420 g/mol. The molecule has 16 aromatic carbocycles. The lowest BCUT2D eigenvalue weighted by atomic mass is 9.95. The molecule has 0 aliphatic heterocycles. The zero-order valence-corrected chi connectivity index (χ0v) is 60.4. The van der Waals surface area contributed by atoms with Crippen LogP contribution in [0.15, 0.2) is 421 Å². The van der Waals surface area contributed by atoms with Gasteiger partial charge < -0.3 is 13.4 Å². The first-order valence-electron chi connectivity index (χ1n) is 37.6. The Labute approximate surface area is 642 Å². The minimum Gasteiger partial charge on any atom is -0.455 e. The summed E-state index contributed by atoms with van der Waals surface area (Å²) in [7, 11) is 0. The number of hydrogen-bond acceptors (Lipinski definition) is 5. The molecule has 0 radical (unpaired) electrons. The lowest BCUT2D eigenvalue weighted by molar-refractivity contribution is 0.669. The molecule has 5 aromatic heterocycles. The number of furan rings is 2. The molecule has 6 nitrogen and oxygen atoms in total. The topological polar surface area (TPSA) is 69.9 Å². The van der Waals surface area contributed by atoms with Crippen molar-refractivity contribution in [2.24, 2.45) is 0 Å². The highest BCUT2D eigenvalue weighted by Gasteiger charge is 2.20. The van der Waals surface area contributed by atoms with Crippen LogP contribution in [0.25, 0.3) is 206 Å². The summed E-state index contributed by atoms with van der Waals surface area (Å²) in [6.45, 7) is 0. The van der Waals surface area contributed by atoms with Gasteiger partial charge in [0.1, 0.15) is 22.3 Å². The van der Waals surface area contributed by atoms with Crippen LogP contribution in [0.1, 0.15) is 0 Å². The molecule has 0 N–H and O–H groups in total. The third-order valence-corrected chi connectivity index (χ3v) is 21.3. The van der Waals surface area contributed by atoms with Gasteiger partial charge in [-0.1, -0.05) is 340 Å². The Hall–Kier alpha value is -14.9. The van der Waals surface area contributed by atoms with E-state index in [2.05, 4.69) is 387 Å². The molecule has 21 aromatic rings. The predicted octanol–water partition coefficient (Wildman–Crippen LogP) is 28.5. The third-order valence-electron chi connectivity index (χ3n) is 21.3. The van der Waals surface area contributed by atoms with E-state index in [1.165, 1.54) is 60.8 Å². The largest absolute Gasteiger partial charge is 0.455 e. The highest BCUT2D eigenvalue weighted by molar-refractivity contribution is 6.12. The maximum atomic E-state index is 6.45. The van der Waals surface area contributed by atoms with E-state index >= 15 is 0 Å². The molecule has 520 valence electrons. The molecule has 0 bridgehead atoms. The van der Waals surface area contributed by atoms with E-state index in [9.17, 15) is 0 Å². The molecule has 0 saturated heterocycles. The molecule has 0 fully saturated rings. The third kappa shape index (κ3) is 12.7. The van der Waals surface area contributed by atoms with Gasteiger partial charge in [0.2, 0.25) is 0 Å². The summed E-state index contributed by atoms with van der Waals surface area (Å²) in [6.07, 6.45) is 0. The van der Waals surface area contributed by atoms with Crippen LogP contribution in [0.5, 0.6) is 0 Å². The van der Waals surface area contributed by atoms with Gasteiger partial charge in [-0.25, -0.2) is 15.0 Å². The second kappa shape index (κ2) is 28.5. The first kappa shape index (κ1) is 65.7. The van der Waals surface area contributed by atoms with Gasteiger partial charge in [-0.15, -0.1) is 0 Å². The van der Waals surface area contributed by atoms with Crippen molar-refractivity contribution >= 4 is 65.7 Å². The van der Waals surface area contributed by atoms with Crippen molar-refractivity contribution in [2.45, 2.75) is 0 Å². The van der Waals surface area contributed by atoms with E-state index in [4.69, 9.17) is 23.8 Å². The lowest BCUT2D eigenvalue weighted by Crippen LogP contribution is -1.98. The molecule has 21 rings (SSSR count). The molecule has 0 aliphatic carbocycles. The van der Waals surface area contributed by atoms with Gasteiger partial charge >= 0.3 is 0 Å². The maximum Gasteiger partial charge on any atom is 0.160 e. The van der Waals surface area contributed by atoms with E-state index in [1.54, 1.807) is 0 Å². The summed E-state index contributed by atoms with van der Waals surface area (Å²) in [4.78, 5) is 15.9. The van der Waals surface area contributed by atoms with Crippen LogP contribution in [0, 0.1) is 0 Å². The van der Waals surface area contributed by atoms with Gasteiger partial charge in [0.25, 0.3) is 0 Å². The zero-order valence-electron chi connectivity index (χ0n) is 60.4. The highest BCUT2D eigenvalue weighted by atomic mass is 16.3. The van der Waals surface area contributed by atoms with Gasteiger partial charge in [0, 0.05) is 76.9 Å². The summed E-state index contributed by atoms with van der Waals surface area (Å²) in [5.41, 5.74) is 31.6. The van der Waals surface area contributed by atoms with E-state index in [0.717, 1.165) is 139 Å². The second-order valence-corrected chi connectivity index (χ2v) is 28.1. The average Bonchev–Trinajstić information content (AvgIpc) is 1.64. The molecule has 0 amide bonds. The molecule has 0 spiro atoms. The first-order chi connectivity index (χ1) is 55.0. The Morgan fingerprint density at radius 2 is 0.495 bits per heavy atom. The molecule has 0 aliphatic rings. The van der Waals surface area contributed by atoms with Gasteiger partial charge in [0.05, 0.1) is 33.8 Å². The minimum absolute atomic E-state index is 0.682. The van der Waals surface area contributed by atoms with Gasteiger partial charge in [-0.3, -0.25) is 0 Å². The van der Waals surface area contributed by atoms with Crippen molar-refractivity contribution in [3.8, 4) is 140 Å². The summed E-state index contributed by atoms with van der Waals surface area (Å²) in [6, 6.07) is 145. The van der Waals surface area contributed by atoms with Crippen molar-refractivity contribution in [1.82, 2.24) is 19.5 Å². The van der Waals surface area contributed by atoms with Crippen molar-refractivity contribution < 1.29 is 8.83 Å². The molecule has 6 heteroatoms. The van der Waals surface area contributed by atoms with Crippen LogP contribution in [-0.2, 0) is 0 Å². The molecule has 0 atom stereocenters. The Morgan fingerprint density at radius 3 is 0.973 bits per heavy atom. The summed E-state index contributed by atoms with van der Waals surface area (Å²) in [5.74, 6) is 0.682. The summed E-state index contributed by atoms with van der Waals surface area (Å²) >= 11 is 0. The Kier molecular flexibility index (Phi) is 16.8. The van der Waals surface area contributed by atoms with Crippen molar-refractivity contribution in [2.75, 3.05) is 0 Å². The molecule has 0 unspecified atom stereocenters. The smallest absolute Gasteiger partial charge is 0.160 e. The summed E-state index contributed by atoms with van der Waals surface area (Å²) < 4.78 is 15.2. The van der Waals surface area contributed by atoms with Crippen LogP contribution in [0.3, 0.4) is 0 Å². The standard InChI is InChI=1S/C53H33NO2.C52H35N3/c1-2-12-34(13-3-1)35-26-28-36(29-27-35)41-32-48(39-16-8-14-37(30-39)42-20-10-22-46-44-18-4-6-24-50(44)55-52(42)46)54-49(33-41)40-17-9-15-38(31-40)43-21-11-23-47-45-19-5-7-25-51(45)56-53(43)47;1-3-13-36(14-4-1)38-25-29-40(30-26-38)48-35-49(41-31-27-39(28-32-41)43-18-11-17-42(33-43)37-15-5-2-6-16-37)54-52(53-48)44-19-12-20-45(34-44)55-50-23-9-7-21-46(50)47-22-8-10-24-51(47)55/h1-33H;1-35H. The van der Waals surface area contributed by atoms with Crippen LogP contribution >= 0.6 is 0 Å². The SMILES string of the molecule is c1ccc(-c2ccc(-c3cc(-c4ccc(-c5cccc(-c6ccccc6)c5)cc4)nc(-c4cccc(-n5c6ccccc6c6ccccc65)c4)n3)cc2)cc1.c1ccc(-c2ccc(-c3cc(-c4cccc(-c5cccc6c5oc5ccccc56)c4)nc(-c4cccc(-c5cccc6c5oc5ccccc56)c4)c3)cc2)cc1. The Balaban J connectivity index is 0.000000145. The van der Waals surface area contributed by atoms with Gasteiger partial charge in [-0.05, 0) is 140 Å². The second-order valence-electron chi connectivity index (χ2n) is 28.1. The highest BCUT2D eigenvalue weighted by Crippen LogP contribution is 2.43. The Bertz CT molecular complexity index is 6810. The normalized spacial score (nSPS) is 11.4. The fourth-order valence-electron chi connectivity index (χ4n) is 15.8. The van der Waals surface area contributed by atoms with Crippen molar-refractivity contribution in [1.29, 1.82) is 0 Å². The van der Waals surface area contributed by atoms with Crippen LogP contribution < -0.4 is 0 Å². The fraction of sp³-hybridized carbons (Fsp3) is 0. The number of pyridine rings is 1. The first-order valence-corrected chi connectivity index (χ1v) is 37.6. The van der Waals surface area contributed by atoms with Crippen LogP contribution in [0.2, 0.25) is 0 Å². The molecular formula is C105H68N4O2. The van der Waals surface area contributed by atoms with Crippen molar-refractivity contribution in [3.63, 3.8) is 0 Å².